The summed E-state index contributed by atoms with van der Waals surface area (Å²) < 4.78 is 11.2. The molecule has 0 aliphatic heterocycles. The van der Waals surface area contributed by atoms with Gasteiger partial charge in [0.15, 0.2) is 11.5 Å². The molecule has 0 unspecified atom stereocenters. The molecule has 0 atom stereocenters. The Hall–Kier alpha value is -2.44. The van der Waals surface area contributed by atoms with Gasteiger partial charge >= 0.3 is 0 Å². The molecular formula is C19H20Cl2N2O4. The number of hydrogen-bond acceptors (Lipinski definition) is 4. The van der Waals surface area contributed by atoms with Gasteiger partial charge in [-0.05, 0) is 23.3 Å². The van der Waals surface area contributed by atoms with Crippen molar-refractivity contribution in [2.45, 2.75) is 12.8 Å². The molecular weight excluding hydrogens is 391 g/mol. The number of amides is 2. The van der Waals surface area contributed by atoms with Crippen molar-refractivity contribution in [1.29, 1.82) is 0 Å². The van der Waals surface area contributed by atoms with E-state index in [9.17, 15) is 9.59 Å². The fraction of sp³-hybridized carbons (Fsp3) is 0.263. The summed E-state index contributed by atoms with van der Waals surface area (Å²) in [6.07, 6.45) is -0.799. The zero-order valence-corrected chi connectivity index (χ0v) is 16.2. The number of halogens is 2. The van der Waals surface area contributed by atoms with Crippen LogP contribution in [0.15, 0.2) is 48.5 Å². The molecule has 8 heteroatoms. The van der Waals surface area contributed by atoms with E-state index >= 15 is 0 Å². The van der Waals surface area contributed by atoms with Crippen molar-refractivity contribution in [2.24, 2.45) is 0 Å². The zero-order chi connectivity index (χ0) is 19.6. The highest BCUT2D eigenvalue weighted by molar-refractivity contribution is 6.27. The van der Waals surface area contributed by atoms with Gasteiger partial charge in [-0.3, -0.25) is 9.59 Å². The standard InChI is InChI=1S/C19H20Cl2N2O4/c1-26-15-8-7-14(19(22-17(24)10-20)23-18(25)11-21)9-16(15)27-12-13-5-3-2-4-6-13/h2-9,19H,10-12H2,1H3,(H,22,24)(H,23,25). The average Bonchev–Trinajstić information content (AvgIpc) is 2.71. The van der Waals surface area contributed by atoms with Crippen LogP contribution in [0.4, 0.5) is 0 Å². The molecule has 0 heterocycles. The first-order valence-electron chi connectivity index (χ1n) is 8.12. The number of carbonyl (C=O) groups excluding carboxylic acids is 2. The van der Waals surface area contributed by atoms with Crippen LogP contribution >= 0.6 is 23.2 Å². The quantitative estimate of drug-likeness (QED) is 0.492. The van der Waals surface area contributed by atoms with E-state index in [1.54, 1.807) is 18.2 Å². The molecule has 0 saturated heterocycles. The van der Waals surface area contributed by atoms with Crippen LogP contribution in [-0.4, -0.2) is 30.7 Å². The number of benzene rings is 2. The third-order valence-corrected chi connectivity index (χ3v) is 4.10. The largest absolute Gasteiger partial charge is 0.493 e. The molecule has 6 nitrogen and oxygen atoms in total. The Morgan fingerprint density at radius 3 is 2.15 bits per heavy atom. The predicted octanol–water partition coefficient (Wildman–Crippen LogP) is 2.98. The summed E-state index contributed by atoms with van der Waals surface area (Å²) in [6.45, 7) is 0.341. The molecule has 0 bridgehead atoms. The number of methoxy groups -OCH3 is 1. The van der Waals surface area contributed by atoms with Crippen LogP contribution < -0.4 is 20.1 Å². The fourth-order valence-corrected chi connectivity index (χ4v) is 2.48. The van der Waals surface area contributed by atoms with Crippen molar-refractivity contribution in [3.05, 3.63) is 59.7 Å². The van der Waals surface area contributed by atoms with Gasteiger partial charge in [0.25, 0.3) is 0 Å². The Balaban J connectivity index is 2.25. The minimum Gasteiger partial charge on any atom is -0.493 e. The summed E-state index contributed by atoms with van der Waals surface area (Å²) in [5.74, 6) is -0.329. The number of alkyl halides is 2. The van der Waals surface area contributed by atoms with Crippen LogP contribution in [0.1, 0.15) is 17.3 Å². The Kier molecular flexibility index (Phi) is 8.23. The molecule has 0 radical (unpaired) electrons. The van der Waals surface area contributed by atoms with Gasteiger partial charge in [-0.15, -0.1) is 23.2 Å². The molecule has 0 aliphatic rings. The summed E-state index contributed by atoms with van der Waals surface area (Å²) in [5.41, 5.74) is 1.59. The van der Waals surface area contributed by atoms with Crippen LogP contribution in [0.3, 0.4) is 0 Å². The Morgan fingerprint density at radius 2 is 1.59 bits per heavy atom. The molecule has 0 aromatic heterocycles. The molecule has 2 amide bonds. The lowest BCUT2D eigenvalue weighted by Crippen LogP contribution is -2.42. The minimum absolute atomic E-state index is 0.235. The average molecular weight is 411 g/mol. The van der Waals surface area contributed by atoms with E-state index in [1.807, 2.05) is 30.3 Å². The van der Waals surface area contributed by atoms with Crippen LogP contribution in [0.25, 0.3) is 0 Å². The summed E-state index contributed by atoms with van der Waals surface area (Å²) in [4.78, 5) is 23.4. The maximum absolute atomic E-state index is 11.7. The van der Waals surface area contributed by atoms with E-state index in [4.69, 9.17) is 32.7 Å². The van der Waals surface area contributed by atoms with E-state index < -0.39 is 18.0 Å². The molecule has 27 heavy (non-hydrogen) atoms. The SMILES string of the molecule is COc1ccc(C(NC(=O)CCl)NC(=O)CCl)cc1OCc1ccccc1. The number of hydrogen-bond donors (Lipinski definition) is 2. The summed E-state index contributed by atoms with van der Waals surface area (Å²) in [6, 6.07) is 14.8. The monoisotopic (exact) mass is 410 g/mol. The summed E-state index contributed by atoms with van der Waals surface area (Å²) >= 11 is 11.1. The van der Waals surface area contributed by atoms with Crippen molar-refractivity contribution in [3.63, 3.8) is 0 Å². The first-order chi connectivity index (χ1) is 13.1. The molecule has 0 spiro atoms. The normalized spacial score (nSPS) is 10.4. The van der Waals surface area contributed by atoms with Gasteiger partial charge in [0.05, 0.1) is 7.11 Å². The Morgan fingerprint density at radius 1 is 0.963 bits per heavy atom. The maximum Gasteiger partial charge on any atom is 0.236 e. The fourth-order valence-electron chi connectivity index (χ4n) is 2.32. The predicted molar refractivity (Wildman–Crippen MR) is 104 cm³/mol. The number of carbonyl (C=O) groups is 2. The highest BCUT2D eigenvalue weighted by Gasteiger charge is 2.18. The number of nitrogens with one attached hydrogen (secondary N) is 2. The topological polar surface area (TPSA) is 76.7 Å². The zero-order valence-electron chi connectivity index (χ0n) is 14.7. The third-order valence-electron chi connectivity index (χ3n) is 3.61. The molecule has 0 fully saturated rings. The van der Waals surface area contributed by atoms with Crippen molar-refractivity contribution in [3.8, 4) is 11.5 Å². The molecule has 0 aliphatic carbocycles. The van der Waals surface area contributed by atoms with Gasteiger partial charge in [0.1, 0.15) is 24.5 Å². The smallest absolute Gasteiger partial charge is 0.236 e. The molecule has 144 valence electrons. The second kappa shape index (κ2) is 10.6. The highest BCUT2D eigenvalue weighted by Crippen LogP contribution is 2.30. The van der Waals surface area contributed by atoms with Crippen LogP contribution in [0.5, 0.6) is 11.5 Å². The molecule has 2 N–H and O–H groups in total. The van der Waals surface area contributed by atoms with Gasteiger partial charge in [0.2, 0.25) is 11.8 Å². The maximum atomic E-state index is 11.7. The lowest BCUT2D eigenvalue weighted by molar-refractivity contribution is -0.122. The first kappa shape index (κ1) is 20.9. The Labute approximate surface area is 167 Å². The van der Waals surface area contributed by atoms with Gasteiger partial charge in [-0.1, -0.05) is 36.4 Å². The summed E-state index contributed by atoms with van der Waals surface area (Å²) in [7, 11) is 1.53. The molecule has 2 aromatic carbocycles. The lowest BCUT2D eigenvalue weighted by atomic mass is 10.1. The van der Waals surface area contributed by atoms with Crippen molar-refractivity contribution in [2.75, 3.05) is 18.9 Å². The molecule has 0 saturated carbocycles. The van der Waals surface area contributed by atoms with E-state index in [0.717, 1.165) is 5.56 Å². The number of rotatable bonds is 9. The van der Waals surface area contributed by atoms with Gasteiger partial charge < -0.3 is 20.1 Å². The van der Waals surface area contributed by atoms with Crippen molar-refractivity contribution < 1.29 is 19.1 Å². The summed E-state index contributed by atoms with van der Waals surface area (Å²) in [5, 5.41) is 5.26. The van der Waals surface area contributed by atoms with Crippen molar-refractivity contribution in [1.82, 2.24) is 10.6 Å². The van der Waals surface area contributed by atoms with Gasteiger partial charge in [0, 0.05) is 0 Å². The van der Waals surface area contributed by atoms with E-state index in [-0.39, 0.29) is 11.8 Å². The highest BCUT2D eigenvalue weighted by atomic mass is 35.5. The van der Waals surface area contributed by atoms with E-state index in [1.165, 1.54) is 7.11 Å². The second-order valence-corrected chi connectivity index (χ2v) is 6.05. The molecule has 2 rings (SSSR count). The second-order valence-electron chi connectivity index (χ2n) is 5.52. The third kappa shape index (κ3) is 6.34. The van der Waals surface area contributed by atoms with Gasteiger partial charge in [-0.25, -0.2) is 0 Å². The number of ether oxygens (including phenoxy) is 2. The molecule has 2 aromatic rings. The Bertz CT molecular complexity index is 754. The minimum atomic E-state index is -0.799. The lowest BCUT2D eigenvalue weighted by Gasteiger charge is -2.21. The van der Waals surface area contributed by atoms with Crippen molar-refractivity contribution >= 4 is 35.0 Å². The van der Waals surface area contributed by atoms with Gasteiger partial charge in [-0.2, -0.15) is 0 Å². The van der Waals surface area contributed by atoms with Crippen LogP contribution in [-0.2, 0) is 16.2 Å². The van der Waals surface area contributed by atoms with E-state index in [2.05, 4.69) is 10.6 Å². The van der Waals surface area contributed by atoms with Crippen LogP contribution in [0, 0.1) is 0 Å². The first-order valence-corrected chi connectivity index (χ1v) is 9.19. The van der Waals surface area contributed by atoms with Crippen LogP contribution in [0.2, 0.25) is 0 Å². The van der Waals surface area contributed by atoms with E-state index in [0.29, 0.717) is 23.7 Å².